The lowest BCUT2D eigenvalue weighted by molar-refractivity contribution is 0.293. The molecule has 0 N–H and O–H groups in total. The predicted octanol–water partition coefficient (Wildman–Crippen LogP) is 4.38. The number of benzene rings is 1. The molecule has 2 aromatic rings. The molecular weight excluding hydrogens is 302 g/mol. The maximum Gasteiger partial charge on any atom is 0.213 e. The second-order valence-electron chi connectivity index (χ2n) is 3.65. The highest BCUT2D eigenvalue weighted by atomic mass is 79.9. The van der Waals surface area contributed by atoms with E-state index in [0.717, 1.165) is 15.6 Å². The number of aryl methyl sites for hydroxylation is 1. The van der Waals surface area contributed by atoms with Gasteiger partial charge in [-0.25, -0.2) is 4.98 Å². The number of ether oxygens (including phenoxy) is 1. The molecule has 0 bridgehead atoms. The lowest BCUT2D eigenvalue weighted by Crippen LogP contribution is -1.98. The highest BCUT2D eigenvalue weighted by Gasteiger charge is 2.02. The molecule has 0 aliphatic rings. The first kappa shape index (κ1) is 12.4. The summed E-state index contributed by atoms with van der Waals surface area (Å²) in [6.07, 6.45) is 1.73. The van der Waals surface area contributed by atoms with E-state index in [1.54, 1.807) is 6.20 Å². The molecule has 0 radical (unpaired) electrons. The maximum absolute atomic E-state index is 6.04. The van der Waals surface area contributed by atoms with Gasteiger partial charge in [0.1, 0.15) is 6.61 Å². The van der Waals surface area contributed by atoms with Crippen molar-refractivity contribution in [3.8, 4) is 5.88 Å². The Kier molecular flexibility index (Phi) is 4.02. The Morgan fingerprint density at radius 2 is 2.12 bits per heavy atom. The van der Waals surface area contributed by atoms with Crippen LogP contribution in [0.5, 0.6) is 5.88 Å². The average molecular weight is 313 g/mol. The first-order valence-corrected chi connectivity index (χ1v) is 6.32. The molecule has 1 heterocycles. The number of nitrogens with zero attached hydrogens (tertiary/aromatic N) is 1. The predicted molar refractivity (Wildman–Crippen MR) is 72.5 cm³/mol. The number of halogens is 2. The van der Waals surface area contributed by atoms with Gasteiger partial charge in [0.2, 0.25) is 5.88 Å². The third kappa shape index (κ3) is 3.20. The highest BCUT2D eigenvalue weighted by molar-refractivity contribution is 9.10. The second-order valence-corrected chi connectivity index (χ2v) is 4.91. The molecule has 0 saturated heterocycles. The Morgan fingerprint density at radius 1 is 1.35 bits per heavy atom. The van der Waals surface area contributed by atoms with Gasteiger partial charge in [-0.3, -0.25) is 0 Å². The summed E-state index contributed by atoms with van der Waals surface area (Å²) in [5.41, 5.74) is 2.05. The number of hydrogen-bond donors (Lipinski definition) is 0. The first-order chi connectivity index (χ1) is 8.16. The Hall–Kier alpha value is -1.06. The van der Waals surface area contributed by atoms with E-state index in [4.69, 9.17) is 16.3 Å². The molecule has 0 amide bonds. The molecule has 17 heavy (non-hydrogen) atoms. The van der Waals surface area contributed by atoms with Crippen LogP contribution in [0.3, 0.4) is 0 Å². The third-order valence-corrected chi connectivity index (χ3v) is 3.55. The number of pyridine rings is 1. The van der Waals surface area contributed by atoms with Gasteiger partial charge in [0, 0.05) is 27.3 Å². The van der Waals surface area contributed by atoms with Gasteiger partial charge in [-0.05, 0) is 34.5 Å². The van der Waals surface area contributed by atoms with Gasteiger partial charge in [0.05, 0.1) is 0 Å². The monoisotopic (exact) mass is 311 g/mol. The van der Waals surface area contributed by atoms with Gasteiger partial charge < -0.3 is 4.74 Å². The lowest BCUT2D eigenvalue weighted by atomic mass is 10.2. The summed E-state index contributed by atoms with van der Waals surface area (Å²) in [7, 11) is 0. The lowest BCUT2D eigenvalue weighted by Gasteiger charge is -2.07. The van der Waals surface area contributed by atoms with Crippen LogP contribution in [0.2, 0.25) is 5.02 Å². The van der Waals surface area contributed by atoms with Crippen LogP contribution in [0.4, 0.5) is 0 Å². The molecule has 1 aromatic carbocycles. The van der Waals surface area contributed by atoms with Gasteiger partial charge in [0.15, 0.2) is 0 Å². The quantitative estimate of drug-likeness (QED) is 0.839. The van der Waals surface area contributed by atoms with E-state index in [0.29, 0.717) is 17.5 Å². The molecular formula is C13H11BrClNO. The van der Waals surface area contributed by atoms with Crippen LogP contribution in [0, 0.1) is 6.92 Å². The third-order valence-electron chi connectivity index (χ3n) is 2.36. The summed E-state index contributed by atoms with van der Waals surface area (Å²) in [6.45, 7) is 2.42. The van der Waals surface area contributed by atoms with Gasteiger partial charge in [0.25, 0.3) is 0 Å². The van der Waals surface area contributed by atoms with Crippen molar-refractivity contribution in [2.75, 3.05) is 0 Å². The Labute approximate surface area is 114 Å². The van der Waals surface area contributed by atoms with E-state index in [2.05, 4.69) is 20.9 Å². The molecule has 0 aliphatic carbocycles. The largest absolute Gasteiger partial charge is 0.473 e. The minimum Gasteiger partial charge on any atom is -0.473 e. The second kappa shape index (κ2) is 5.52. The van der Waals surface area contributed by atoms with Crippen molar-refractivity contribution < 1.29 is 4.74 Å². The van der Waals surface area contributed by atoms with Crippen molar-refractivity contribution in [3.05, 3.63) is 57.2 Å². The SMILES string of the molecule is Cc1cc(OCc2ccccc2Cl)ncc1Br. The van der Waals surface area contributed by atoms with Crippen molar-refractivity contribution in [2.45, 2.75) is 13.5 Å². The maximum atomic E-state index is 6.04. The van der Waals surface area contributed by atoms with Crippen LogP contribution in [-0.2, 0) is 6.61 Å². The minimum atomic E-state index is 0.424. The summed E-state index contributed by atoms with van der Waals surface area (Å²) in [5, 5.41) is 0.710. The smallest absolute Gasteiger partial charge is 0.213 e. The Morgan fingerprint density at radius 3 is 2.82 bits per heavy atom. The normalized spacial score (nSPS) is 10.3. The summed E-state index contributed by atoms with van der Waals surface area (Å²) < 4.78 is 6.57. The van der Waals surface area contributed by atoms with E-state index in [9.17, 15) is 0 Å². The highest BCUT2D eigenvalue weighted by Crippen LogP contribution is 2.21. The van der Waals surface area contributed by atoms with Crippen molar-refractivity contribution in [3.63, 3.8) is 0 Å². The standard InChI is InChI=1S/C13H11BrClNO/c1-9-6-13(16-7-11(9)14)17-8-10-4-2-3-5-12(10)15/h2-7H,8H2,1H3. The molecule has 0 aliphatic heterocycles. The van der Waals surface area contributed by atoms with Crippen LogP contribution in [0.15, 0.2) is 41.0 Å². The van der Waals surface area contributed by atoms with Crippen molar-refractivity contribution in [1.82, 2.24) is 4.98 Å². The number of rotatable bonds is 3. The van der Waals surface area contributed by atoms with E-state index in [1.165, 1.54) is 0 Å². The van der Waals surface area contributed by atoms with Crippen molar-refractivity contribution in [2.24, 2.45) is 0 Å². The molecule has 0 fully saturated rings. The number of hydrogen-bond acceptors (Lipinski definition) is 2. The van der Waals surface area contributed by atoms with Crippen molar-refractivity contribution >= 4 is 27.5 Å². The fourth-order valence-electron chi connectivity index (χ4n) is 1.36. The summed E-state index contributed by atoms with van der Waals surface area (Å²) >= 11 is 9.44. The molecule has 2 nitrogen and oxygen atoms in total. The van der Waals surface area contributed by atoms with E-state index < -0.39 is 0 Å². The Balaban J connectivity index is 2.08. The summed E-state index contributed by atoms with van der Waals surface area (Å²) in [4.78, 5) is 4.17. The van der Waals surface area contributed by atoms with E-state index in [1.807, 2.05) is 37.3 Å². The fraction of sp³-hybridized carbons (Fsp3) is 0.154. The zero-order chi connectivity index (χ0) is 12.3. The molecule has 1 aromatic heterocycles. The van der Waals surface area contributed by atoms with Gasteiger partial charge in [-0.1, -0.05) is 29.8 Å². The van der Waals surface area contributed by atoms with Gasteiger partial charge in [-0.2, -0.15) is 0 Å². The van der Waals surface area contributed by atoms with E-state index in [-0.39, 0.29) is 0 Å². The molecule has 0 atom stereocenters. The zero-order valence-corrected chi connectivity index (χ0v) is 11.6. The minimum absolute atomic E-state index is 0.424. The Bertz CT molecular complexity index is 531. The molecule has 0 spiro atoms. The molecule has 4 heteroatoms. The topological polar surface area (TPSA) is 22.1 Å². The van der Waals surface area contributed by atoms with Gasteiger partial charge in [-0.15, -0.1) is 0 Å². The van der Waals surface area contributed by atoms with Crippen LogP contribution >= 0.6 is 27.5 Å². The first-order valence-electron chi connectivity index (χ1n) is 5.15. The molecule has 2 rings (SSSR count). The van der Waals surface area contributed by atoms with E-state index >= 15 is 0 Å². The van der Waals surface area contributed by atoms with Crippen molar-refractivity contribution in [1.29, 1.82) is 0 Å². The van der Waals surface area contributed by atoms with Crippen LogP contribution in [0.1, 0.15) is 11.1 Å². The molecule has 88 valence electrons. The molecule has 0 saturated carbocycles. The fourth-order valence-corrected chi connectivity index (χ4v) is 1.77. The summed E-state index contributed by atoms with van der Waals surface area (Å²) in [5.74, 6) is 0.602. The number of aromatic nitrogens is 1. The van der Waals surface area contributed by atoms with Crippen LogP contribution in [0.25, 0.3) is 0 Å². The zero-order valence-electron chi connectivity index (χ0n) is 9.28. The van der Waals surface area contributed by atoms with Gasteiger partial charge >= 0.3 is 0 Å². The molecule has 0 unspecified atom stereocenters. The summed E-state index contributed by atoms with van der Waals surface area (Å²) in [6, 6.07) is 9.51. The average Bonchev–Trinajstić information content (AvgIpc) is 2.32. The van der Waals surface area contributed by atoms with Crippen LogP contribution < -0.4 is 4.74 Å². The van der Waals surface area contributed by atoms with Crippen LogP contribution in [-0.4, -0.2) is 4.98 Å².